The molecule has 186 valence electrons. The van der Waals surface area contributed by atoms with Gasteiger partial charge in [-0.25, -0.2) is 0 Å². The van der Waals surface area contributed by atoms with Crippen LogP contribution in [0.1, 0.15) is 49.1 Å². The molecule has 1 saturated heterocycles. The van der Waals surface area contributed by atoms with Crippen LogP contribution >= 0.6 is 0 Å². The summed E-state index contributed by atoms with van der Waals surface area (Å²) in [7, 11) is 0. The fraction of sp³-hybridized carbons (Fsp3) is 0.267. The second kappa shape index (κ2) is 10.3. The normalized spacial score (nSPS) is 17.1. The van der Waals surface area contributed by atoms with E-state index >= 15 is 0 Å². The first kappa shape index (κ1) is 25.0. The molecule has 1 amide bonds. The molecule has 6 heteroatoms. The third-order valence-corrected chi connectivity index (χ3v) is 6.15. The minimum Gasteiger partial charge on any atom is -0.507 e. The van der Waals surface area contributed by atoms with Crippen molar-refractivity contribution in [3.8, 4) is 11.5 Å². The number of aliphatic hydroxyl groups is 1. The van der Waals surface area contributed by atoms with Crippen LogP contribution in [0.15, 0.2) is 72.3 Å². The highest BCUT2D eigenvalue weighted by Gasteiger charge is 2.47. The molecule has 0 spiro atoms. The molecular formula is C30H31NO5. The topological polar surface area (TPSA) is 76.1 Å². The van der Waals surface area contributed by atoms with Crippen molar-refractivity contribution in [2.75, 3.05) is 11.5 Å². The average molecular weight is 486 g/mol. The number of ether oxygens (including phenoxy) is 2. The van der Waals surface area contributed by atoms with Crippen LogP contribution in [-0.4, -0.2) is 29.5 Å². The number of ketones is 1. The molecule has 0 aliphatic carbocycles. The molecule has 3 aromatic rings. The molecule has 0 saturated carbocycles. The molecule has 0 bridgehead atoms. The van der Waals surface area contributed by atoms with E-state index in [0.29, 0.717) is 29.4 Å². The summed E-state index contributed by atoms with van der Waals surface area (Å²) in [6.45, 7) is 10.0. The summed E-state index contributed by atoms with van der Waals surface area (Å²) < 4.78 is 11.4. The maximum Gasteiger partial charge on any atom is 0.300 e. The van der Waals surface area contributed by atoms with Crippen LogP contribution in [0.25, 0.3) is 5.76 Å². The number of carbonyl (C=O) groups is 2. The average Bonchev–Trinajstić information content (AvgIpc) is 3.10. The van der Waals surface area contributed by atoms with E-state index in [2.05, 4.69) is 0 Å². The molecule has 1 aliphatic heterocycles. The van der Waals surface area contributed by atoms with Crippen molar-refractivity contribution in [3.05, 3.63) is 94.6 Å². The van der Waals surface area contributed by atoms with Gasteiger partial charge >= 0.3 is 0 Å². The van der Waals surface area contributed by atoms with Gasteiger partial charge in [-0.1, -0.05) is 30.3 Å². The zero-order chi connectivity index (χ0) is 26.0. The van der Waals surface area contributed by atoms with Crippen molar-refractivity contribution < 1.29 is 24.2 Å². The van der Waals surface area contributed by atoms with E-state index in [-0.39, 0.29) is 17.4 Å². The molecule has 1 unspecified atom stereocenters. The lowest BCUT2D eigenvalue weighted by atomic mass is 9.92. The van der Waals surface area contributed by atoms with Gasteiger partial charge in [-0.15, -0.1) is 0 Å². The van der Waals surface area contributed by atoms with E-state index in [0.717, 1.165) is 16.7 Å². The number of Topliss-reactive ketones (excluding diaryl/α,β-unsaturated/α-hetero) is 1. The number of rotatable bonds is 7. The van der Waals surface area contributed by atoms with E-state index < -0.39 is 17.7 Å². The Morgan fingerprint density at radius 2 is 1.72 bits per heavy atom. The number of aryl methyl sites for hydroxylation is 2. The summed E-state index contributed by atoms with van der Waals surface area (Å²) in [4.78, 5) is 28.3. The highest BCUT2D eigenvalue weighted by atomic mass is 16.5. The maximum absolute atomic E-state index is 13.4. The first-order chi connectivity index (χ1) is 17.2. The summed E-state index contributed by atoms with van der Waals surface area (Å²) in [5.41, 5.74) is 3.50. The highest BCUT2D eigenvalue weighted by molar-refractivity contribution is 6.51. The van der Waals surface area contributed by atoms with Gasteiger partial charge in [0, 0.05) is 17.3 Å². The number of carbonyl (C=O) groups excluding carboxylic acids is 2. The Bertz CT molecular complexity index is 1340. The fourth-order valence-electron chi connectivity index (χ4n) is 4.51. The van der Waals surface area contributed by atoms with Gasteiger partial charge in [0.15, 0.2) is 0 Å². The monoisotopic (exact) mass is 485 g/mol. The quantitative estimate of drug-likeness (QED) is 0.248. The summed E-state index contributed by atoms with van der Waals surface area (Å²) in [6.07, 6.45) is 0.00183. The van der Waals surface area contributed by atoms with Gasteiger partial charge in [0.2, 0.25) is 0 Å². The predicted molar refractivity (Wildman–Crippen MR) is 141 cm³/mol. The van der Waals surface area contributed by atoms with Crippen LogP contribution in [0, 0.1) is 13.8 Å². The highest BCUT2D eigenvalue weighted by Crippen LogP contribution is 2.44. The molecule has 0 aromatic heterocycles. The molecule has 3 aromatic carbocycles. The van der Waals surface area contributed by atoms with Crippen molar-refractivity contribution in [1.29, 1.82) is 0 Å². The molecule has 1 aliphatic rings. The Morgan fingerprint density at radius 3 is 2.39 bits per heavy atom. The number of amides is 1. The number of nitrogens with zero attached hydrogens (tertiary/aromatic N) is 1. The molecule has 1 fully saturated rings. The molecule has 6 nitrogen and oxygen atoms in total. The molecule has 1 atom stereocenters. The van der Waals surface area contributed by atoms with Crippen molar-refractivity contribution in [2.45, 2.75) is 46.8 Å². The van der Waals surface area contributed by atoms with Crippen LogP contribution in [0.3, 0.4) is 0 Å². The molecule has 36 heavy (non-hydrogen) atoms. The van der Waals surface area contributed by atoms with Crippen molar-refractivity contribution in [2.24, 2.45) is 0 Å². The maximum atomic E-state index is 13.4. The SMILES string of the molecule is CCOc1cccc(N2C(=O)C(=O)/C(=C(/O)c3ccc(OC(C)C)c(C)c3)C2c2ccccc2C)c1. The van der Waals surface area contributed by atoms with E-state index in [1.807, 2.05) is 58.9 Å². The van der Waals surface area contributed by atoms with Crippen LogP contribution in [0.4, 0.5) is 5.69 Å². The van der Waals surface area contributed by atoms with Gasteiger partial charge in [-0.3, -0.25) is 14.5 Å². The van der Waals surface area contributed by atoms with Crippen molar-refractivity contribution in [3.63, 3.8) is 0 Å². The van der Waals surface area contributed by atoms with Gasteiger partial charge in [0.1, 0.15) is 17.3 Å². The van der Waals surface area contributed by atoms with Crippen LogP contribution in [0.2, 0.25) is 0 Å². The summed E-state index contributed by atoms with van der Waals surface area (Å²) in [5.74, 6) is -0.357. The zero-order valence-corrected chi connectivity index (χ0v) is 21.2. The zero-order valence-electron chi connectivity index (χ0n) is 21.2. The van der Waals surface area contributed by atoms with Gasteiger partial charge in [0.05, 0.1) is 24.3 Å². The van der Waals surface area contributed by atoms with Crippen LogP contribution < -0.4 is 14.4 Å². The summed E-state index contributed by atoms with van der Waals surface area (Å²) >= 11 is 0. The third-order valence-electron chi connectivity index (χ3n) is 6.15. The largest absolute Gasteiger partial charge is 0.507 e. The van der Waals surface area contributed by atoms with Crippen LogP contribution in [-0.2, 0) is 9.59 Å². The van der Waals surface area contributed by atoms with Crippen molar-refractivity contribution in [1.82, 2.24) is 0 Å². The Hall–Kier alpha value is -4.06. The van der Waals surface area contributed by atoms with E-state index in [1.54, 1.807) is 42.5 Å². The fourth-order valence-corrected chi connectivity index (χ4v) is 4.51. The third kappa shape index (κ3) is 4.71. The predicted octanol–water partition coefficient (Wildman–Crippen LogP) is 6.12. The summed E-state index contributed by atoms with van der Waals surface area (Å²) in [6, 6.07) is 19.1. The van der Waals surface area contributed by atoms with E-state index in [9.17, 15) is 14.7 Å². The molecule has 0 radical (unpaired) electrons. The standard InChI is InChI=1S/C30H31NO5/c1-6-35-23-12-9-11-22(17-23)31-27(24-13-8-7-10-19(24)4)26(29(33)30(31)34)28(32)21-14-15-25(20(5)16-21)36-18(2)3/h7-18,27,32H,6H2,1-5H3/b28-26+. The number of hydrogen-bond donors (Lipinski definition) is 1. The number of aliphatic hydroxyl groups excluding tert-OH is 1. The lowest BCUT2D eigenvalue weighted by molar-refractivity contribution is -0.132. The second-order valence-corrected chi connectivity index (χ2v) is 9.10. The smallest absolute Gasteiger partial charge is 0.300 e. The van der Waals surface area contributed by atoms with E-state index in [4.69, 9.17) is 9.47 Å². The van der Waals surface area contributed by atoms with Gasteiger partial charge in [-0.2, -0.15) is 0 Å². The van der Waals surface area contributed by atoms with Gasteiger partial charge in [0.25, 0.3) is 11.7 Å². The number of hydrogen-bond acceptors (Lipinski definition) is 5. The number of benzene rings is 3. The van der Waals surface area contributed by atoms with Crippen LogP contribution in [0.5, 0.6) is 11.5 Å². The summed E-state index contributed by atoms with van der Waals surface area (Å²) in [5, 5.41) is 11.4. The first-order valence-electron chi connectivity index (χ1n) is 12.1. The van der Waals surface area contributed by atoms with E-state index in [1.165, 1.54) is 4.90 Å². The Kier molecular flexibility index (Phi) is 7.15. The minimum absolute atomic E-state index is 0.00183. The lowest BCUT2D eigenvalue weighted by Gasteiger charge is -2.27. The molecule has 1 N–H and O–H groups in total. The lowest BCUT2D eigenvalue weighted by Crippen LogP contribution is -2.29. The second-order valence-electron chi connectivity index (χ2n) is 9.10. The number of anilines is 1. The first-order valence-corrected chi connectivity index (χ1v) is 12.1. The Morgan fingerprint density at radius 1 is 0.972 bits per heavy atom. The van der Waals surface area contributed by atoms with Gasteiger partial charge < -0.3 is 14.6 Å². The Labute approximate surface area is 211 Å². The Balaban J connectivity index is 1.90. The van der Waals surface area contributed by atoms with Gasteiger partial charge in [-0.05, 0) is 81.6 Å². The molecular weight excluding hydrogens is 454 g/mol. The molecule has 4 rings (SSSR count). The van der Waals surface area contributed by atoms with Crippen molar-refractivity contribution >= 4 is 23.1 Å². The minimum atomic E-state index is -0.796. The molecule has 1 heterocycles.